The number of carboxylic acids is 1. The summed E-state index contributed by atoms with van der Waals surface area (Å²) >= 11 is 14.1. The smallest absolute Gasteiger partial charge is 0.303 e. The molecule has 36 heavy (non-hydrogen) atoms. The molecule has 1 saturated carbocycles. The van der Waals surface area contributed by atoms with Crippen LogP contribution in [-0.2, 0) is 24.0 Å². The zero-order valence-electron chi connectivity index (χ0n) is 19.3. The van der Waals surface area contributed by atoms with E-state index in [0.29, 0.717) is 11.1 Å². The van der Waals surface area contributed by atoms with Crippen LogP contribution in [-0.4, -0.2) is 73.0 Å². The van der Waals surface area contributed by atoms with E-state index in [0.717, 1.165) is 9.80 Å². The van der Waals surface area contributed by atoms with Crippen LogP contribution in [0.5, 0.6) is 5.75 Å². The third kappa shape index (κ3) is 3.18. The highest BCUT2D eigenvalue weighted by atomic mass is 35.5. The van der Waals surface area contributed by atoms with Crippen LogP contribution < -0.4 is 0 Å². The first-order chi connectivity index (χ1) is 16.9. The van der Waals surface area contributed by atoms with Crippen molar-refractivity contribution in [1.82, 2.24) is 9.80 Å². The van der Waals surface area contributed by atoms with Crippen LogP contribution in [0, 0.1) is 17.8 Å². The highest BCUT2D eigenvalue weighted by Crippen LogP contribution is 2.65. The predicted molar refractivity (Wildman–Crippen MR) is 127 cm³/mol. The Morgan fingerprint density at radius 2 is 1.72 bits per heavy atom. The molecule has 9 nitrogen and oxygen atoms in total. The van der Waals surface area contributed by atoms with Crippen molar-refractivity contribution in [2.75, 3.05) is 13.6 Å². The number of benzene rings is 1. The topological polar surface area (TPSA) is 132 Å². The van der Waals surface area contributed by atoms with Gasteiger partial charge in [-0.05, 0) is 42.9 Å². The van der Waals surface area contributed by atoms with E-state index in [1.807, 2.05) is 6.08 Å². The van der Waals surface area contributed by atoms with Crippen molar-refractivity contribution in [3.05, 3.63) is 41.5 Å². The molecule has 1 aromatic rings. The molecule has 2 N–H and O–H groups in total. The summed E-state index contributed by atoms with van der Waals surface area (Å²) in [5, 5.41) is 18.8. The predicted octanol–water partition coefficient (Wildman–Crippen LogP) is 2.25. The van der Waals surface area contributed by atoms with E-state index >= 15 is 0 Å². The zero-order valence-corrected chi connectivity index (χ0v) is 20.8. The Morgan fingerprint density at radius 3 is 2.36 bits per heavy atom. The number of allylic oxidation sites excluding steroid dienone is 2. The van der Waals surface area contributed by atoms with Gasteiger partial charge in [0.2, 0.25) is 11.8 Å². The van der Waals surface area contributed by atoms with Gasteiger partial charge in [-0.25, -0.2) is 0 Å². The first-order valence-corrected chi connectivity index (χ1v) is 12.5. The molecule has 0 radical (unpaired) electrons. The Bertz CT molecular complexity index is 1230. The number of amides is 4. The van der Waals surface area contributed by atoms with Gasteiger partial charge in [-0.2, -0.15) is 0 Å². The number of hydrogen-bond acceptors (Lipinski definition) is 6. The van der Waals surface area contributed by atoms with E-state index in [1.165, 1.54) is 19.2 Å². The number of phenols is 1. The summed E-state index contributed by atoms with van der Waals surface area (Å²) in [6.07, 6.45) is 1.92. The van der Waals surface area contributed by atoms with Gasteiger partial charge in [0.05, 0.1) is 11.8 Å². The minimum Gasteiger partial charge on any atom is -0.508 e. The Kier molecular flexibility index (Phi) is 5.72. The van der Waals surface area contributed by atoms with Gasteiger partial charge in [0.1, 0.15) is 5.75 Å². The van der Waals surface area contributed by atoms with E-state index in [-0.39, 0.29) is 43.9 Å². The van der Waals surface area contributed by atoms with Crippen LogP contribution in [0.1, 0.15) is 37.2 Å². The van der Waals surface area contributed by atoms with E-state index in [2.05, 4.69) is 0 Å². The molecule has 5 rings (SSSR count). The van der Waals surface area contributed by atoms with Gasteiger partial charge < -0.3 is 10.2 Å². The Morgan fingerprint density at radius 1 is 1.06 bits per heavy atom. The minimum absolute atomic E-state index is 0.00377. The number of fused-ring (bicyclic) bond motifs is 4. The quantitative estimate of drug-likeness (QED) is 0.336. The number of aromatic hydroxyl groups is 1. The third-order valence-electron chi connectivity index (χ3n) is 8.10. The van der Waals surface area contributed by atoms with E-state index in [4.69, 9.17) is 28.3 Å². The molecule has 0 bridgehead atoms. The lowest BCUT2D eigenvalue weighted by Gasteiger charge is -2.50. The molecule has 2 heterocycles. The van der Waals surface area contributed by atoms with Crippen LogP contribution in [0.4, 0.5) is 0 Å². The van der Waals surface area contributed by atoms with Crippen LogP contribution >= 0.6 is 23.2 Å². The molecule has 11 heteroatoms. The van der Waals surface area contributed by atoms with Gasteiger partial charge in [-0.3, -0.25) is 33.8 Å². The third-order valence-corrected chi connectivity index (χ3v) is 9.52. The molecule has 6 atom stereocenters. The van der Waals surface area contributed by atoms with Gasteiger partial charge in [-0.15, -0.1) is 23.2 Å². The molecule has 2 saturated heterocycles. The van der Waals surface area contributed by atoms with E-state index in [1.54, 1.807) is 12.1 Å². The number of carbonyl (C=O) groups is 5. The van der Waals surface area contributed by atoms with Crippen molar-refractivity contribution in [2.24, 2.45) is 17.8 Å². The number of likely N-dealkylation sites (tertiary alicyclic amines) is 2. The fourth-order valence-electron chi connectivity index (χ4n) is 6.46. The summed E-state index contributed by atoms with van der Waals surface area (Å²) in [5.74, 6) is -6.08. The molecule has 4 amide bonds. The number of hydrogen-bond donors (Lipinski definition) is 2. The maximum Gasteiger partial charge on any atom is 0.303 e. The molecule has 3 fully saturated rings. The van der Waals surface area contributed by atoms with E-state index in [9.17, 15) is 29.1 Å². The zero-order chi connectivity index (χ0) is 26.2. The number of imide groups is 2. The Labute approximate surface area is 216 Å². The largest absolute Gasteiger partial charge is 0.508 e. The van der Waals surface area contributed by atoms with Crippen molar-refractivity contribution in [1.29, 1.82) is 0 Å². The fourth-order valence-corrected chi connectivity index (χ4v) is 7.48. The molecule has 2 aliphatic heterocycles. The monoisotopic (exact) mass is 534 g/mol. The van der Waals surface area contributed by atoms with Crippen LogP contribution in [0.2, 0.25) is 0 Å². The van der Waals surface area contributed by atoms with Crippen molar-refractivity contribution in [3.8, 4) is 5.75 Å². The number of alkyl halides is 2. The first kappa shape index (κ1) is 24.8. The van der Waals surface area contributed by atoms with Crippen molar-refractivity contribution in [3.63, 3.8) is 0 Å². The molecule has 6 unspecified atom stereocenters. The van der Waals surface area contributed by atoms with Crippen molar-refractivity contribution < 1.29 is 34.2 Å². The Hall–Kier alpha value is -2.91. The number of phenolic OH excluding ortho intramolecular Hbond substituents is 1. The summed E-state index contributed by atoms with van der Waals surface area (Å²) in [5.41, 5.74) is 1.21. The fraction of sp³-hybridized carbons (Fsp3) is 0.480. The van der Waals surface area contributed by atoms with Crippen molar-refractivity contribution in [2.45, 2.75) is 41.3 Å². The lowest BCUT2D eigenvalue weighted by molar-refractivity contribution is -0.142. The number of rotatable bonds is 5. The highest BCUT2D eigenvalue weighted by Gasteiger charge is 2.75. The van der Waals surface area contributed by atoms with E-state index < -0.39 is 57.1 Å². The average molecular weight is 535 g/mol. The summed E-state index contributed by atoms with van der Waals surface area (Å²) in [4.78, 5) is 62.6. The molecule has 0 spiro atoms. The molecular formula is C25H24Cl2N2O7. The van der Waals surface area contributed by atoms with Gasteiger partial charge in [0.15, 0.2) is 9.75 Å². The van der Waals surface area contributed by atoms with Gasteiger partial charge in [-0.1, -0.05) is 23.8 Å². The second-order valence-corrected chi connectivity index (χ2v) is 11.2. The SMILES string of the molecule is CN1C(=O)C2(Cl)CC3C(=CCC4C(=O)N(CCCC(=O)O)C(=O)C43)C(c3ccc(O)cc3)C2(Cl)C1=O. The number of carbonyl (C=O) groups excluding carboxylic acids is 4. The van der Waals surface area contributed by atoms with Gasteiger partial charge in [0.25, 0.3) is 11.8 Å². The second-order valence-electron chi connectivity index (χ2n) is 9.91. The number of nitrogens with zero attached hydrogens (tertiary/aromatic N) is 2. The van der Waals surface area contributed by atoms with Gasteiger partial charge >= 0.3 is 5.97 Å². The van der Waals surface area contributed by atoms with Crippen LogP contribution in [0.3, 0.4) is 0 Å². The molecule has 2 aliphatic carbocycles. The Balaban J connectivity index is 1.60. The summed E-state index contributed by atoms with van der Waals surface area (Å²) in [6, 6.07) is 6.10. The minimum atomic E-state index is -1.86. The first-order valence-electron chi connectivity index (χ1n) is 11.7. The second kappa shape index (κ2) is 8.31. The molecule has 1 aromatic carbocycles. The lowest BCUT2D eigenvalue weighted by atomic mass is 9.56. The van der Waals surface area contributed by atoms with Gasteiger partial charge in [0, 0.05) is 25.9 Å². The van der Waals surface area contributed by atoms with Crippen LogP contribution in [0.15, 0.2) is 35.9 Å². The highest BCUT2D eigenvalue weighted by molar-refractivity contribution is 6.53. The summed E-state index contributed by atoms with van der Waals surface area (Å²) in [6.45, 7) is -0.00791. The maximum absolute atomic E-state index is 13.5. The number of carboxylic acid groups (broad SMARTS) is 1. The summed E-state index contributed by atoms with van der Waals surface area (Å²) in [7, 11) is 1.32. The normalized spacial score (nSPS) is 35.5. The van der Waals surface area contributed by atoms with Crippen LogP contribution in [0.25, 0.3) is 0 Å². The molecule has 190 valence electrons. The standard InChI is InChI=1S/C25H24Cl2N2O7/c1-28-22(35)24(26)11-16-14(19(25(24,27)23(28)36)12-4-6-13(30)7-5-12)8-9-15-18(16)21(34)29(20(15)33)10-2-3-17(31)32/h4-8,15-16,18-19,30H,2-3,9-11H2,1H3,(H,31,32). The van der Waals surface area contributed by atoms with Crippen molar-refractivity contribution >= 4 is 52.8 Å². The number of aliphatic carboxylic acids is 1. The number of halogens is 2. The molecule has 0 aromatic heterocycles. The lowest BCUT2D eigenvalue weighted by Crippen LogP contribution is -2.60. The molecule has 4 aliphatic rings. The molecular weight excluding hydrogens is 511 g/mol. The summed E-state index contributed by atoms with van der Waals surface area (Å²) < 4.78 is 0. The average Bonchev–Trinajstić information content (AvgIpc) is 3.15. The maximum atomic E-state index is 13.5.